The molecule has 0 aliphatic carbocycles. The van der Waals surface area contributed by atoms with Crippen molar-refractivity contribution in [2.24, 2.45) is 0 Å². The highest BCUT2D eigenvalue weighted by Gasteiger charge is 2.08. The minimum Gasteiger partial charge on any atom is -0.410 e. The van der Waals surface area contributed by atoms with Crippen LogP contribution in [0.15, 0.2) is 23.6 Å². The molecule has 0 saturated carbocycles. The van der Waals surface area contributed by atoms with Gasteiger partial charge in [0.1, 0.15) is 0 Å². The first-order chi connectivity index (χ1) is 5.74. The molecular weight excluding hydrogens is 154 g/mol. The molecular formula is C9H13NO2. The number of carbonyl (C=O) groups is 1. The highest BCUT2D eigenvalue weighted by atomic mass is 16.5. The Hall–Kier alpha value is -1.25. The monoisotopic (exact) mass is 167 g/mol. The van der Waals surface area contributed by atoms with Crippen LogP contribution in [-0.2, 0) is 9.53 Å². The summed E-state index contributed by atoms with van der Waals surface area (Å²) in [6.45, 7) is 4.40. The van der Waals surface area contributed by atoms with Crippen molar-refractivity contribution < 1.29 is 9.53 Å². The van der Waals surface area contributed by atoms with E-state index in [1.165, 1.54) is 0 Å². The first-order valence-electron chi connectivity index (χ1n) is 4.06. The lowest BCUT2D eigenvalue weighted by Gasteiger charge is -2.14. The van der Waals surface area contributed by atoms with Crippen LogP contribution in [0.1, 0.15) is 20.3 Å². The summed E-state index contributed by atoms with van der Waals surface area (Å²) in [4.78, 5) is 10.9. The second-order valence-corrected chi connectivity index (χ2v) is 2.62. The van der Waals surface area contributed by atoms with E-state index >= 15 is 0 Å². The molecule has 0 unspecified atom stereocenters. The van der Waals surface area contributed by atoms with Crippen molar-refractivity contribution in [3.05, 3.63) is 23.6 Å². The summed E-state index contributed by atoms with van der Waals surface area (Å²) >= 11 is 0. The molecule has 0 atom stereocenters. The van der Waals surface area contributed by atoms with Crippen molar-refractivity contribution in [3.63, 3.8) is 0 Å². The van der Waals surface area contributed by atoms with Crippen LogP contribution in [0.2, 0.25) is 0 Å². The van der Waals surface area contributed by atoms with Crippen molar-refractivity contribution in [3.8, 4) is 0 Å². The summed E-state index contributed by atoms with van der Waals surface area (Å²) in [5, 5.41) is 2.98. The first kappa shape index (κ1) is 8.84. The Morgan fingerprint density at radius 1 is 1.75 bits per heavy atom. The van der Waals surface area contributed by atoms with E-state index in [1.807, 2.05) is 19.1 Å². The predicted octanol–water partition coefficient (Wildman–Crippen LogP) is 1.33. The van der Waals surface area contributed by atoms with E-state index in [1.54, 1.807) is 6.92 Å². The Balaban J connectivity index is 2.61. The van der Waals surface area contributed by atoms with Gasteiger partial charge in [-0.3, -0.25) is 4.79 Å². The fraction of sp³-hybridized carbons (Fsp3) is 0.444. The summed E-state index contributed by atoms with van der Waals surface area (Å²) in [5.41, 5.74) is 0.961. The summed E-state index contributed by atoms with van der Waals surface area (Å²) in [5.74, 6) is 0.386. The zero-order chi connectivity index (χ0) is 8.97. The van der Waals surface area contributed by atoms with E-state index < -0.39 is 0 Å². The van der Waals surface area contributed by atoms with Gasteiger partial charge in [-0.2, -0.15) is 0 Å². The van der Waals surface area contributed by atoms with Gasteiger partial charge in [-0.1, -0.05) is 19.1 Å². The Bertz CT molecular complexity index is 241. The molecule has 0 saturated heterocycles. The maximum Gasteiger partial charge on any atom is 0.312 e. The number of rotatable bonds is 2. The third kappa shape index (κ3) is 2.12. The molecule has 0 aromatic carbocycles. The highest BCUT2D eigenvalue weighted by Crippen LogP contribution is 2.08. The van der Waals surface area contributed by atoms with Crippen LogP contribution < -0.4 is 5.32 Å². The van der Waals surface area contributed by atoms with Crippen molar-refractivity contribution in [2.75, 3.05) is 6.54 Å². The van der Waals surface area contributed by atoms with Gasteiger partial charge in [0.2, 0.25) is 0 Å². The van der Waals surface area contributed by atoms with Gasteiger partial charge in [0.05, 0.1) is 0 Å². The molecule has 0 amide bonds. The zero-order valence-corrected chi connectivity index (χ0v) is 7.39. The van der Waals surface area contributed by atoms with Gasteiger partial charge in [-0.25, -0.2) is 0 Å². The molecule has 0 radical (unpaired) electrons. The molecule has 0 spiro atoms. The fourth-order valence-electron chi connectivity index (χ4n) is 0.905. The summed E-state index contributed by atoms with van der Waals surface area (Å²) in [7, 11) is 0. The second-order valence-electron chi connectivity index (χ2n) is 2.62. The molecule has 0 aromatic rings. The summed E-state index contributed by atoms with van der Waals surface area (Å²) in [6.07, 6.45) is 4.33. The van der Waals surface area contributed by atoms with Gasteiger partial charge in [-0.15, -0.1) is 0 Å². The molecule has 1 aliphatic rings. The quantitative estimate of drug-likeness (QED) is 0.630. The smallest absolute Gasteiger partial charge is 0.312 e. The second kappa shape index (κ2) is 3.95. The van der Waals surface area contributed by atoms with Crippen molar-refractivity contribution in [1.82, 2.24) is 5.32 Å². The number of allylic oxidation sites excluding steroid dienone is 2. The van der Waals surface area contributed by atoms with Crippen LogP contribution in [0.4, 0.5) is 0 Å². The molecule has 3 nitrogen and oxygen atoms in total. The first-order valence-corrected chi connectivity index (χ1v) is 4.06. The molecule has 0 fully saturated rings. The number of hydrogen-bond acceptors (Lipinski definition) is 3. The average molecular weight is 167 g/mol. The number of esters is 1. The lowest BCUT2D eigenvalue weighted by Crippen LogP contribution is -2.22. The minimum absolute atomic E-state index is 0.202. The van der Waals surface area contributed by atoms with Crippen molar-refractivity contribution in [1.29, 1.82) is 0 Å². The molecule has 3 heteroatoms. The number of ether oxygens (including phenoxy) is 1. The molecule has 1 heterocycles. The third-order valence-corrected chi connectivity index (χ3v) is 1.61. The molecule has 0 aromatic heterocycles. The van der Waals surface area contributed by atoms with Gasteiger partial charge in [0.25, 0.3) is 0 Å². The molecule has 1 rings (SSSR count). The standard InChI is InChI=1S/C9H13NO2/c1-3-8(11)12-9-7(2)5-4-6-10-9/h4-5,10H,3,6H2,1-2H3. The lowest BCUT2D eigenvalue weighted by molar-refractivity contribution is -0.139. The summed E-state index contributed by atoms with van der Waals surface area (Å²) < 4.78 is 5.03. The fourth-order valence-corrected chi connectivity index (χ4v) is 0.905. The van der Waals surface area contributed by atoms with Crippen LogP contribution in [0.3, 0.4) is 0 Å². The number of hydrogen-bond donors (Lipinski definition) is 1. The van der Waals surface area contributed by atoms with Gasteiger partial charge in [0, 0.05) is 18.5 Å². The Morgan fingerprint density at radius 2 is 2.50 bits per heavy atom. The third-order valence-electron chi connectivity index (χ3n) is 1.61. The zero-order valence-electron chi connectivity index (χ0n) is 7.39. The van der Waals surface area contributed by atoms with Crippen molar-refractivity contribution in [2.45, 2.75) is 20.3 Å². The van der Waals surface area contributed by atoms with Crippen molar-refractivity contribution >= 4 is 5.97 Å². The Labute approximate surface area is 72.1 Å². The van der Waals surface area contributed by atoms with E-state index in [9.17, 15) is 4.79 Å². The SMILES string of the molecule is CCC(=O)OC1=C(C)C=CCN1. The maximum atomic E-state index is 10.9. The Morgan fingerprint density at radius 3 is 3.08 bits per heavy atom. The number of carbonyl (C=O) groups excluding carboxylic acids is 1. The summed E-state index contributed by atoms with van der Waals surface area (Å²) in [6, 6.07) is 0. The van der Waals surface area contributed by atoms with E-state index in [0.29, 0.717) is 12.3 Å². The van der Waals surface area contributed by atoms with E-state index in [2.05, 4.69) is 5.32 Å². The van der Waals surface area contributed by atoms with Crippen LogP contribution in [0.5, 0.6) is 0 Å². The van der Waals surface area contributed by atoms with Crippen LogP contribution >= 0.6 is 0 Å². The molecule has 1 aliphatic heterocycles. The van der Waals surface area contributed by atoms with Crippen LogP contribution in [0, 0.1) is 0 Å². The normalized spacial score (nSPS) is 15.8. The van der Waals surface area contributed by atoms with E-state index in [-0.39, 0.29) is 5.97 Å². The molecule has 12 heavy (non-hydrogen) atoms. The topological polar surface area (TPSA) is 38.3 Å². The van der Waals surface area contributed by atoms with E-state index in [4.69, 9.17) is 4.74 Å². The molecule has 0 bridgehead atoms. The van der Waals surface area contributed by atoms with Gasteiger partial charge in [-0.05, 0) is 6.92 Å². The van der Waals surface area contributed by atoms with Gasteiger partial charge in [0.15, 0.2) is 5.88 Å². The van der Waals surface area contributed by atoms with Crippen LogP contribution in [0.25, 0.3) is 0 Å². The lowest BCUT2D eigenvalue weighted by atomic mass is 10.2. The number of nitrogens with one attached hydrogen (secondary N) is 1. The van der Waals surface area contributed by atoms with Gasteiger partial charge < -0.3 is 10.1 Å². The maximum absolute atomic E-state index is 10.9. The largest absolute Gasteiger partial charge is 0.410 e. The average Bonchev–Trinajstić information content (AvgIpc) is 2.09. The van der Waals surface area contributed by atoms with E-state index in [0.717, 1.165) is 12.1 Å². The highest BCUT2D eigenvalue weighted by molar-refractivity contribution is 5.70. The minimum atomic E-state index is -0.202. The van der Waals surface area contributed by atoms with Gasteiger partial charge >= 0.3 is 5.97 Å². The molecule has 66 valence electrons. The molecule has 1 N–H and O–H groups in total. The Kier molecular flexibility index (Phi) is 2.91. The predicted molar refractivity (Wildman–Crippen MR) is 46.2 cm³/mol. The number of dihydropyridines is 1. The van der Waals surface area contributed by atoms with Crippen LogP contribution in [-0.4, -0.2) is 12.5 Å².